The molecule has 8 atom stereocenters. The molecule has 2 aromatic rings. The third kappa shape index (κ3) is 18.3. The van der Waals surface area contributed by atoms with E-state index in [4.69, 9.17) is 56.8 Å². The first kappa shape index (κ1) is 59.2. The zero-order valence-electron chi connectivity index (χ0n) is 44.8. The molecule has 4 fully saturated rings. The number of esters is 4. The van der Waals surface area contributed by atoms with Crippen LogP contribution in [0.5, 0.6) is 23.0 Å². The van der Waals surface area contributed by atoms with E-state index in [2.05, 4.69) is 50.6 Å². The highest BCUT2D eigenvalue weighted by molar-refractivity contribution is 5.82. The molecule has 0 spiro atoms. The molecule has 4 saturated carbocycles. The van der Waals surface area contributed by atoms with Crippen molar-refractivity contribution in [3.05, 3.63) is 98.1 Å². The molecule has 4 aliphatic rings. The predicted molar refractivity (Wildman–Crippen MR) is 278 cm³/mol. The van der Waals surface area contributed by atoms with Crippen molar-refractivity contribution in [1.82, 2.24) is 0 Å². The molecule has 0 saturated heterocycles. The average Bonchev–Trinajstić information content (AvgIpc) is 3.37. The Bertz CT molecular complexity index is 1940. The van der Waals surface area contributed by atoms with Crippen LogP contribution in [0.4, 0.5) is 0 Å². The summed E-state index contributed by atoms with van der Waals surface area (Å²) in [7, 11) is 0. The first-order valence-electron chi connectivity index (χ1n) is 25.9. The van der Waals surface area contributed by atoms with Crippen LogP contribution in [-0.4, -0.2) is 126 Å². The lowest BCUT2D eigenvalue weighted by molar-refractivity contribution is -0.147. The van der Waals surface area contributed by atoms with Crippen LogP contribution in [-0.2, 0) is 67.9 Å². The lowest BCUT2D eigenvalue weighted by Crippen LogP contribution is -2.56. The van der Waals surface area contributed by atoms with E-state index in [-0.39, 0.29) is 88.1 Å². The summed E-state index contributed by atoms with van der Waals surface area (Å²) in [6, 6.07) is 12.4. The summed E-state index contributed by atoms with van der Waals surface area (Å²) in [5, 5.41) is 0. The summed E-state index contributed by atoms with van der Waals surface area (Å²) < 4.78 is 71.2. The third-order valence-electron chi connectivity index (χ3n) is 13.4. The van der Waals surface area contributed by atoms with Crippen molar-refractivity contribution < 1.29 is 76.0 Å². The van der Waals surface area contributed by atoms with Crippen LogP contribution in [0.15, 0.2) is 87.0 Å². The molecule has 8 unspecified atom stereocenters. The molecule has 4 aliphatic carbocycles. The van der Waals surface area contributed by atoms with E-state index in [1.165, 1.54) is 0 Å². The van der Waals surface area contributed by atoms with Gasteiger partial charge in [-0.3, -0.25) is 0 Å². The summed E-state index contributed by atoms with van der Waals surface area (Å²) in [6.07, 6.45) is 7.42. The minimum atomic E-state index is -0.511. The van der Waals surface area contributed by atoms with Crippen LogP contribution in [0.25, 0.3) is 0 Å². The van der Waals surface area contributed by atoms with Gasteiger partial charge in [0, 0.05) is 36.4 Å². The van der Waals surface area contributed by atoms with Crippen molar-refractivity contribution >= 4 is 23.9 Å². The van der Waals surface area contributed by atoms with Gasteiger partial charge in [0.25, 0.3) is 0 Å². The van der Waals surface area contributed by atoms with Crippen LogP contribution in [0.1, 0.15) is 105 Å². The molecular formula is C58H80O16. The third-order valence-corrected chi connectivity index (χ3v) is 13.4. The van der Waals surface area contributed by atoms with Gasteiger partial charge in [-0.25, -0.2) is 19.2 Å². The zero-order valence-corrected chi connectivity index (χ0v) is 44.8. The fourth-order valence-corrected chi connectivity index (χ4v) is 10.4. The van der Waals surface area contributed by atoms with Gasteiger partial charge in [-0.1, -0.05) is 26.3 Å². The molecule has 16 heteroatoms. The summed E-state index contributed by atoms with van der Waals surface area (Å²) in [5.41, 5.74) is 1.87. The quantitative estimate of drug-likeness (QED) is 0.0368. The van der Waals surface area contributed by atoms with E-state index >= 15 is 0 Å². The van der Waals surface area contributed by atoms with Gasteiger partial charge in [-0.15, -0.1) is 0 Å². The molecule has 0 N–H and O–H groups in total. The van der Waals surface area contributed by atoms with Gasteiger partial charge in [0.05, 0.1) is 50.8 Å². The Labute approximate surface area is 438 Å². The fourth-order valence-electron chi connectivity index (χ4n) is 10.4. The lowest BCUT2D eigenvalue weighted by atomic mass is 9.41. The van der Waals surface area contributed by atoms with E-state index in [1.54, 1.807) is 27.7 Å². The second-order valence-corrected chi connectivity index (χ2v) is 20.5. The molecule has 4 bridgehead atoms. The van der Waals surface area contributed by atoms with E-state index < -0.39 is 48.3 Å². The molecule has 6 rings (SSSR count). The predicted octanol–water partition coefficient (Wildman–Crippen LogP) is 9.08. The minimum Gasteiger partial charge on any atom is -0.491 e. The molecule has 0 aliphatic heterocycles. The van der Waals surface area contributed by atoms with Crippen molar-refractivity contribution in [1.29, 1.82) is 0 Å². The second kappa shape index (κ2) is 28.3. The highest BCUT2D eigenvalue weighted by Gasteiger charge is 2.59. The number of carbonyl (C=O) groups is 4. The van der Waals surface area contributed by atoms with Crippen molar-refractivity contribution in [3.8, 4) is 23.0 Å². The topological polar surface area (TPSA) is 179 Å². The number of rotatable bonds is 34. The summed E-state index contributed by atoms with van der Waals surface area (Å²) in [5.74, 6) is 1.45. The molecule has 0 heterocycles. The normalized spacial score (nSPS) is 22.8. The molecule has 16 nitrogen and oxygen atoms in total. The van der Waals surface area contributed by atoms with Crippen LogP contribution in [0.3, 0.4) is 0 Å². The van der Waals surface area contributed by atoms with Crippen LogP contribution in [0.2, 0.25) is 0 Å². The maximum atomic E-state index is 11.7. The van der Waals surface area contributed by atoms with Gasteiger partial charge in [-0.2, -0.15) is 0 Å². The number of ether oxygens (including phenoxy) is 12. The van der Waals surface area contributed by atoms with Gasteiger partial charge in [0.1, 0.15) is 73.8 Å². The maximum absolute atomic E-state index is 11.7. The summed E-state index contributed by atoms with van der Waals surface area (Å²) in [6.45, 7) is 30.2. The first-order chi connectivity index (χ1) is 35.2. The molecule has 0 radical (unpaired) electrons. The zero-order chi connectivity index (χ0) is 54.0. The molecule has 408 valence electrons. The number of hydrogen-bond donors (Lipinski definition) is 0. The van der Waals surface area contributed by atoms with Crippen molar-refractivity contribution in [2.75, 3.05) is 52.9 Å². The van der Waals surface area contributed by atoms with Crippen LogP contribution in [0, 0.1) is 11.8 Å². The Morgan fingerprint density at radius 1 is 0.419 bits per heavy atom. The highest BCUT2D eigenvalue weighted by Crippen LogP contribution is 2.67. The van der Waals surface area contributed by atoms with Gasteiger partial charge < -0.3 is 56.8 Å². The van der Waals surface area contributed by atoms with Gasteiger partial charge in [0.15, 0.2) is 0 Å². The minimum absolute atomic E-state index is 0.191. The Balaban J connectivity index is 1.41. The van der Waals surface area contributed by atoms with Crippen molar-refractivity contribution in [2.45, 2.75) is 154 Å². The van der Waals surface area contributed by atoms with Crippen molar-refractivity contribution in [3.63, 3.8) is 0 Å². The average molecular weight is 1030 g/mol. The molecular weight excluding hydrogens is 953 g/mol. The van der Waals surface area contributed by atoms with E-state index in [9.17, 15) is 19.2 Å². The highest BCUT2D eigenvalue weighted by atomic mass is 16.6. The molecule has 74 heavy (non-hydrogen) atoms. The van der Waals surface area contributed by atoms with E-state index in [0.29, 0.717) is 34.8 Å². The van der Waals surface area contributed by atoms with Crippen molar-refractivity contribution in [2.24, 2.45) is 11.8 Å². The number of benzene rings is 2. The van der Waals surface area contributed by atoms with E-state index in [1.807, 2.05) is 39.8 Å². The van der Waals surface area contributed by atoms with Crippen LogP contribution < -0.4 is 18.9 Å². The Kier molecular flexibility index (Phi) is 22.6. The molecule has 0 aromatic heterocycles. The van der Waals surface area contributed by atoms with E-state index in [0.717, 1.165) is 74.0 Å². The van der Waals surface area contributed by atoms with Gasteiger partial charge in [0.2, 0.25) is 0 Å². The first-order valence-corrected chi connectivity index (χ1v) is 25.9. The smallest absolute Gasteiger partial charge is 0.330 e. The van der Waals surface area contributed by atoms with Gasteiger partial charge in [-0.05, 0) is 152 Å². The summed E-state index contributed by atoms with van der Waals surface area (Å²) in [4.78, 5) is 47.0. The second-order valence-electron chi connectivity index (χ2n) is 20.5. The number of hydrogen-bond acceptors (Lipinski definition) is 16. The fraction of sp³-hybridized carbons (Fsp3) is 0.586. The monoisotopic (exact) mass is 1030 g/mol. The maximum Gasteiger partial charge on any atom is 0.330 e. The summed E-state index contributed by atoms with van der Waals surface area (Å²) >= 11 is 0. The standard InChI is InChI=1S/C58H80O16/c1-13-53(59)71-41(9)32-63-37(5)28-67-49-18-47(19-50(22-49)68-29-38(6)64-33-42(10)72-54(60)14-2)57-24-45-17-46(25-57)27-58(26-45,36-57)48-20-51(69-30-39(7)65-34-43(11)73-55(61)15-3)23-52(21-48)70-31-40(8)66-35-44(12)74-56(62)16-4/h13-16,18-23,37-46H,1-4,17,24-36H2,5-12H3. The van der Waals surface area contributed by atoms with Gasteiger partial charge >= 0.3 is 23.9 Å². The molecule has 2 aromatic carbocycles. The Hall–Kier alpha value is -5.68. The lowest BCUT2D eigenvalue weighted by Gasteiger charge is -2.62. The van der Waals surface area contributed by atoms with Crippen LogP contribution >= 0.6 is 0 Å². The Morgan fingerprint density at radius 3 is 0.892 bits per heavy atom. The largest absolute Gasteiger partial charge is 0.491 e. The Morgan fingerprint density at radius 2 is 0.662 bits per heavy atom. The molecule has 0 amide bonds. The number of carbonyl (C=O) groups excluding carboxylic acids is 4. The SMILES string of the molecule is C=CC(=O)OC(C)COC(C)COc1cc(OCC(C)OCC(C)OC(=O)C=C)cc(C23CC4CC(C2)CC(c2cc(OCC(C)OCC(C)OC(=O)C=C)cc(OCC(C)OCC(C)OC(=O)C=C)c2)(C4)C3)c1.